The topological polar surface area (TPSA) is 37.4 Å². The Labute approximate surface area is 184 Å². The first-order chi connectivity index (χ1) is 13.0. The van der Waals surface area contributed by atoms with Crippen molar-refractivity contribution in [1.82, 2.24) is 4.90 Å². The second kappa shape index (κ2) is 8.20. The molecule has 29 heavy (non-hydrogen) atoms. The first kappa shape index (κ1) is 24.8. The number of carbonyl (C=O) groups is 2. The molecule has 1 saturated carbocycles. The van der Waals surface area contributed by atoms with Crippen LogP contribution in [-0.4, -0.2) is 32.3 Å². The lowest BCUT2D eigenvalue weighted by Crippen LogP contribution is -2.59. The smallest absolute Gasteiger partial charge is 0.243 e. The van der Waals surface area contributed by atoms with Gasteiger partial charge in [0.15, 0.2) is 0 Å². The van der Waals surface area contributed by atoms with Crippen LogP contribution in [0.3, 0.4) is 0 Å². The Hall–Kier alpha value is -0.510. The summed E-state index contributed by atoms with van der Waals surface area (Å²) in [5, 5.41) is -0.249. The van der Waals surface area contributed by atoms with Crippen molar-refractivity contribution in [3.8, 4) is 0 Å². The first-order valence-corrected chi connectivity index (χ1v) is 12.4. The maximum Gasteiger partial charge on any atom is 0.243 e. The van der Waals surface area contributed by atoms with E-state index in [-0.39, 0.29) is 32.6 Å². The maximum atomic E-state index is 13.5. The lowest BCUT2D eigenvalue weighted by molar-refractivity contribution is -0.152. The van der Waals surface area contributed by atoms with E-state index in [9.17, 15) is 9.59 Å². The fourth-order valence-electron chi connectivity index (χ4n) is 5.76. The molecule has 0 bridgehead atoms. The molecule has 1 aliphatic heterocycles. The predicted octanol–water partition coefficient (Wildman–Crippen LogP) is 6.69. The number of hydrogen-bond acceptors (Lipinski definition) is 3. The van der Waals surface area contributed by atoms with Gasteiger partial charge in [0.25, 0.3) is 0 Å². The minimum absolute atomic E-state index is 0.0151. The molecule has 1 heterocycles. The molecule has 2 aliphatic rings. The van der Waals surface area contributed by atoms with Crippen molar-refractivity contribution in [2.75, 3.05) is 0 Å². The molecule has 0 spiro atoms. The fourth-order valence-corrected chi connectivity index (χ4v) is 7.48. The van der Waals surface area contributed by atoms with Crippen LogP contribution in [0.25, 0.3) is 0 Å². The molecule has 3 nitrogen and oxygen atoms in total. The summed E-state index contributed by atoms with van der Waals surface area (Å²) in [7, 11) is 0. The SMILES string of the molecule is CC1CCC(C(C)(C)C(C)(C)N2C(=O)CC(SC(C)(C)CC(C)(C)C)C2=O)CC1. The molecule has 0 aromatic heterocycles. The van der Waals surface area contributed by atoms with Crippen LogP contribution in [0, 0.1) is 22.7 Å². The van der Waals surface area contributed by atoms with E-state index >= 15 is 0 Å². The molecule has 2 rings (SSSR count). The average molecular weight is 424 g/mol. The Morgan fingerprint density at radius 1 is 0.897 bits per heavy atom. The second-order valence-corrected chi connectivity index (χ2v) is 14.5. The van der Waals surface area contributed by atoms with Crippen LogP contribution >= 0.6 is 11.8 Å². The number of nitrogens with zero attached hydrogens (tertiary/aromatic N) is 1. The van der Waals surface area contributed by atoms with Crippen molar-refractivity contribution >= 4 is 23.6 Å². The molecule has 1 aliphatic carbocycles. The van der Waals surface area contributed by atoms with Crippen LogP contribution in [0.5, 0.6) is 0 Å². The van der Waals surface area contributed by atoms with Gasteiger partial charge in [-0.25, -0.2) is 0 Å². The normalized spacial score (nSPS) is 27.7. The van der Waals surface area contributed by atoms with E-state index in [1.807, 2.05) is 0 Å². The first-order valence-electron chi connectivity index (χ1n) is 11.5. The van der Waals surface area contributed by atoms with Gasteiger partial charge in [-0.1, -0.05) is 68.2 Å². The predicted molar refractivity (Wildman–Crippen MR) is 125 cm³/mol. The van der Waals surface area contributed by atoms with Crippen LogP contribution in [0.15, 0.2) is 0 Å². The monoisotopic (exact) mass is 423 g/mol. The summed E-state index contributed by atoms with van der Waals surface area (Å²) >= 11 is 1.70. The summed E-state index contributed by atoms with van der Waals surface area (Å²) in [6.45, 7) is 22.3. The Bertz CT molecular complexity index is 621. The number of likely N-dealkylation sites (tertiary alicyclic amines) is 1. The van der Waals surface area contributed by atoms with Crippen molar-refractivity contribution in [2.24, 2.45) is 22.7 Å². The molecule has 2 fully saturated rings. The van der Waals surface area contributed by atoms with E-state index in [0.717, 1.165) is 12.3 Å². The number of hydrogen-bond donors (Lipinski definition) is 0. The summed E-state index contributed by atoms with van der Waals surface area (Å²) in [5.74, 6) is 1.40. The summed E-state index contributed by atoms with van der Waals surface area (Å²) in [6.07, 6.45) is 6.27. The molecule has 1 unspecified atom stereocenters. The van der Waals surface area contributed by atoms with Gasteiger partial charge >= 0.3 is 0 Å². The second-order valence-electron chi connectivity index (χ2n) is 12.6. The van der Waals surface area contributed by atoms with Crippen LogP contribution in [0.1, 0.15) is 108 Å². The van der Waals surface area contributed by atoms with Crippen LogP contribution < -0.4 is 0 Å². The molecule has 1 saturated heterocycles. The minimum Gasteiger partial charge on any atom is -0.275 e. The highest BCUT2D eigenvalue weighted by molar-refractivity contribution is 8.02. The van der Waals surface area contributed by atoms with Gasteiger partial charge in [-0.2, -0.15) is 0 Å². The number of thioether (sulfide) groups is 1. The Morgan fingerprint density at radius 2 is 1.41 bits per heavy atom. The zero-order valence-electron chi connectivity index (χ0n) is 20.6. The summed E-state index contributed by atoms with van der Waals surface area (Å²) in [6, 6.07) is 0. The number of rotatable bonds is 6. The molecule has 1 atom stereocenters. The summed E-state index contributed by atoms with van der Waals surface area (Å²) in [4.78, 5) is 28.2. The highest BCUT2D eigenvalue weighted by Crippen LogP contribution is 2.51. The fraction of sp³-hybridized carbons (Fsp3) is 0.920. The lowest BCUT2D eigenvalue weighted by atomic mass is 9.60. The van der Waals surface area contributed by atoms with Gasteiger partial charge in [0, 0.05) is 11.2 Å². The van der Waals surface area contributed by atoms with Gasteiger partial charge in [0.05, 0.1) is 10.8 Å². The summed E-state index contributed by atoms with van der Waals surface area (Å²) in [5.41, 5.74) is -0.379. The largest absolute Gasteiger partial charge is 0.275 e. The number of imide groups is 1. The van der Waals surface area contributed by atoms with E-state index in [4.69, 9.17) is 0 Å². The Balaban J connectivity index is 2.19. The Morgan fingerprint density at radius 3 is 1.90 bits per heavy atom. The van der Waals surface area contributed by atoms with Gasteiger partial charge in [-0.15, -0.1) is 11.8 Å². The summed E-state index contributed by atoms with van der Waals surface area (Å²) < 4.78 is -0.0337. The van der Waals surface area contributed by atoms with Crippen molar-refractivity contribution in [3.63, 3.8) is 0 Å². The van der Waals surface area contributed by atoms with Crippen LogP contribution in [0.2, 0.25) is 0 Å². The molecule has 0 N–H and O–H groups in total. The number of carbonyl (C=O) groups excluding carboxylic acids is 2. The zero-order valence-corrected chi connectivity index (χ0v) is 21.5. The molecule has 168 valence electrons. The molecule has 0 aromatic carbocycles. The quantitative estimate of drug-likeness (QED) is 0.446. The van der Waals surface area contributed by atoms with Crippen molar-refractivity contribution in [2.45, 2.75) is 123 Å². The molecular weight excluding hydrogens is 378 g/mol. The van der Waals surface area contributed by atoms with Gasteiger partial charge in [0.1, 0.15) is 0 Å². The van der Waals surface area contributed by atoms with Gasteiger partial charge in [-0.05, 0) is 55.8 Å². The standard InChI is InChI=1S/C25H45NO2S/c1-17-11-13-18(14-12-17)24(7,8)25(9,10)26-20(27)15-19(21(26)28)29-23(5,6)16-22(2,3)4/h17-19H,11-16H2,1-10H3. The highest BCUT2D eigenvalue weighted by atomic mass is 32.2. The van der Waals surface area contributed by atoms with Crippen molar-refractivity contribution < 1.29 is 9.59 Å². The van der Waals surface area contributed by atoms with Crippen molar-refractivity contribution in [3.05, 3.63) is 0 Å². The molecule has 4 heteroatoms. The zero-order chi connectivity index (χ0) is 22.4. The van der Waals surface area contributed by atoms with Crippen molar-refractivity contribution in [1.29, 1.82) is 0 Å². The van der Waals surface area contributed by atoms with E-state index in [0.29, 0.717) is 12.3 Å². The molecule has 0 radical (unpaired) electrons. The van der Waals surface area contributed by atoms with Gasteiger partial charge in [-0.3, -0.25) is 14.5 Å². The lowest BCUT2D eigenvalue weighted by Gasteiger charge is -2.52. The Kier molecular flexibility index (Phi) is 7.00. The molecular formula is C25H45NO2S. The van der Waals surface area contributed by atoms with E-state index in [1.165, 1.54) is 25.7 Å². The van der Waals surface area contributed by atoms with Crippen LogP contribution in [0.4, 0.5) is 0 Å². The van der Waals surface area contributed by atoms with Gasteiger partial charge < -0.3 is 0 Å². The third kappa shape index (κ3) is 5.40. The third-order valence-corrected chi connectivity index (χ3v) is 9.13. The van der Waals surface area contributed by atoms with Gasteiger partial charge in [0.2, 0.25) is 11.8 Å². The highest BCUT2D eigenvalue weighted by Gasteiger charge is 2.55. The molecule has 0 aromatic rings. The molecule has 2 amide bonds. The van der Waals surface area contributed by atoms with E-state index in [1.54, 1.807) is 16.7 Å². The third-order valence-electron chi connectivity index (χ3n) is 7.69. The minimum atomic E-state index is -0.476. The number of amides is 2. The van der Waals surface area contributed by atoms with E-state index < -0.39 is 5.54 Å². The van der Waals surface area contributed by atoms with E-state index in [2.05, 4.69) is 69.2 Å². The maximum absolute atomic E-state index is 13.5. The van der Waals surface area contributed by atoms with Crippen LogP contribution in [-0.2, 0) is 9.59 Å². The average Bonchev–Trinajstić information content (AvgIpc) is 2.78.